The van der Waals surface area contributed by atoms with Gasteiger partial charge in [0.05, 0.1) is 18.8 Å². The van der Waals surface area contributed by atoms with Crippen molar-refractivity contribution in [2.45, 2.75) is 25.0 Å². The number of hydrogen-bond acceptors (Lipinski definition) is 4. The van der Waals surface area contributed by atoms with Crippen molar-refractivity contribution in [3.05, 3.63) is 35.9 Å². The van der Waals surface area contributed by atoms with Gasteiger partial charge in [0, 0.05) is 13.2 Å². The van der Waals surface area contributed by atoms with E-state index < -0.39 is 5.97 Å². The number of amides is 2. The molecule has 3 N–H and O–H groups in total. The number of carboxylic acid groups (broad SMARTS) is 1. The number of carboxylic acids is 1. The second-order valence-electron chi connectivity index (χ2n) is 5.35. The quantitative estimate of drug-likeness (QED) is 0.689. The molecule has 23 heavy (non-hydrogen) atoms. The van der Waals surface area contributed by atoms with E-state index in [0.717, 1.165) is 12.0 Å². The molecule has 2 atom stereocenters. The summed E-state index contributed by atoms with van der Waals surface area (Å²) < 4.78 is 10.6. The van der Waals surface area contributed by atoms with Gasteiger partial charge < -0.3 is 25.2 Å². The number of hydrogen-bond donors (Lipinski definition) is 3. The van der Waals surface area contributed by atoms with Gasteiger partial charge in [-0.15, -0.1) is 0 Å². The first-order chi connectivity index (χ1) is 11.1. The highest BCUT2D eigenvalue weighted by molar-refractivity contribution is 5.74. The molecule has 0 spiro atoms. The zero-order valence-electron chi connectivity index (χ0n) is 12.9. The monoisotopic (exact) mass is 322 g/mol. The molecule has 1 aliphatic heterocycles. The maximum Gasteiger partial charge on any atom is 0.329 e. The maximum atomic E-state index is 11.9. The molecule has 7 nitrogen and oxygen atoms in total. The normalized spacial score (nSPS) is 20.7. The predicted molar refractivity (Wildman–Crippen MR) is 83.3 cm³/mol. The summed E-state index contributed by atoms with van der Waals surface area (Å²) in [5.74, 6) is -1.03. The lowest BCUT2D eigenvalue weighted by Gasteiger charge is -2.31. The van der Waals surface area contributed by atoms with Gasteiger partial charge >= 0.3 is 12.0 Å². The predicted octanol–water partition coefficient (Wildman–Crippen LogP) is 0.787. The van der Waals surface area contributed by atoms with Gasteiger partial charge in [-0.1, -0.05) is 30.3 Å². The number of benzene rings is 1. The fraction of sp³-hybridized carbons (Fsp3) is 0.500. The van der Waals surface area contributed by atoms with Gasteiger partial charge in [0.1, 0.15) is 6.61 Å². The molecular formula is C16H22N2O5. The zero-order valence-corrected chi connectivity index (χ0v) is 12.9. The van der Waals surface area contributed by atoms with E-state index in [-0.39, 0.29) is 24.8 Å². The highest BCUT2D eigenvalue weighted by atomic mass is 16.5. The summed E-state index contributed by atoms with van der Waals surface area (Å²) in [6.07, 6.45) is 0.955. The van der Waals surface area contributed by atoms with E-state index in [2.05, 4.69) is 10.6 Å². The van der Waals surface area contributed by atoms with Crippen molar-refractivity contribution in [2.24, 2.45) is 0 Å². The van der Waals surface area contributed by atoms with Crippen LogP contribution in [0, 0.1) is 0 Å². The Morgan fingerprint density at radius 3 is 2.83 bits per heavy atom. The number of carbonyl (C=O) groups is 2. The third-order valence-corrected chi connectivity index (χ3v) is 3.57. The van der Waals surface area contributed by atoms with E-state index in [0.29, 0.717) is 26.2 Å². The molecule has 1 fully saturated rings. The van der Waals surface area contributed by atoms with E-state index in [1.54, 1.807) is 0 Å². The molecule has 0 aliphatic carbocycles. The summed E-state index contributed by atoms with van der Waals surface area (Å²) in [6, 6.07) is 9.22. The van der Waals surface area contributed by atoms with Gasteiger partial charge in [-0.3, -0.25) is 0 Å². The van der Waals surface area contributed by atoms with Crippen LogP contribution >= 0.6 is 0 Å². The van der Waals surface area contributed by atoms with Crippen molar-refractivity contribution in [1.82, 2.24) is 10.6 Å². The molecule has 0 saturated carbocycles. The van der Waals surface area contributed by atoms with Gasteiger partial charge in [-0.25, -0.2) is 9.59 Å². The van der Waals surface area contributed by atoms with Crippen LogP contribution in [0.3, 0.4) is 0 Å². The third kappa shape index (κ3) is 6.25. The van der Waals surface area contributed by atoms with Crippen molar-refractivity contribution in [3.63, 3.8) is 0 Å². The lowest BCUT2D eigenvalue weighted by molar-refractivity contribution is -0.147. The molecule has 1 aromatic carbocycles. The summed E-state index contributed by atoms with van der Waals surface area (Å²) >= 11 is 0. The second-order valence-corrected chi connectivity index (χ2v) is 5.35. The first-order valence-electron chi connectivity index (χ1n) is 7.64. The van der Waals surface area contributed by atoms with Crippen LogP contribution in [0.2, 0.25) is 0 Å². The van der Waals surface area contributed by atoms with Crippen LogP contribution in [0.1, 0.15) is 12.0 Å². The first-order valence-corrected chi connectivity index (χ1v) is 7.64. The van der Waals surface area contributed by atoms with Gasteiger partial charge in [0.15, 0.2) is 0 Å². The van der Waals surface area contributed by atoms with Crippen LogP contribution < -0.4 is 10.6 Å². The number of ether oxygens (including phenoxy) is 2. The lowest BCUT2D eigenvalue weighted by Crippen LogP contribution is -2.53. The molecule has 0 unspecified atom stereocenters. The minimum atomic E-state index is -1.03. The van der Waals surface area contributed by atoms with Crippen molar-refractivity contribution >= 4 is 12.0 Å². The van der Waals surface area contributed by atoms with Gasteiger partial charge in [0.25, 0.3) is 0 Å². The maximum absolute atomic E-state index is 11.9. The molecule has 2 rings (SSSR count). The Hall–Kier alpha value is -2.12. The van der Waals surface area contributed by atoms with E-state index in [1.165, 1.54) is 0 Å². The minimum absolute atomic E-state index is 0.305. The SMILES string of the molecule is O=C(O)CO[C@@H]1CCOC[C@@H]1NC(=O)NCCc1ccccc1. The first kappa shape index (κ1) is 17.2. The topological polar surface area (TPSA) is 96.9 Å². The van der Waals surface area contributed by atoms with Crippen LogP contribution in [0.25, 0.3) is 0 Å². The Morgan fingerprint density at radius 2 is 2.09 bits per heavy atom. The summed E-state index contributed by atoms with van der Waals surface area (Å²) in [5.41, 5.74) is 1.15. The molecule has 0 aromatic heterocycles. The standard InChI is InChI=1S/C16H22N2O5/c19-15(20)11-23-14-7-9-22-10-13(14)18-16(21)17-8-6-12-4-2-1-3-5-12/h1-5,13-14H,6-11H2,(H,19,20)(H2,17,18,21)/t13-,14+/m0/s1. The molecule has 2 amide bonds. The number of nitrogens with one attached hydrogen (secondary N) is 2. The lowest BCUT2D eigenvalue weighted by atomic mass is 10.1. The number of carbonyl (C=O) groups excluding carboxylic acids is 1. The second kappa shape index (κ2) is 9.12. The molecule has 7 heteroatoms. The van der Waals surface area contributed by atoms with Gasteiger partial charge in [-0.05, 0) is 18.4 Å². The average molecular weight is 322 g/mol. The largest absolute Gasteiger partial charge is 0.480 e. The Kier molecular flexibility index (Phi) is 6.83. The van der Waals surface area contributed by atoms with Crippen LogP contribution in [-0.2, 0) is 20.7 Å². The smallest absolute Gasteiger partial charge is 0.329 e. The number of rotatable bonds is 7. The highest BCUT2D eigenvalue weighted by Crippen LogP contribution is 2.11. The fourth-order valence-electron chi connectivity index (χ4n) is 2.42. The molecule has 1 aromatic rings. The Labute approximate surface area is 135 Å². The average Bonchev–Trinajstić information content (AvgIpc) is 2.55. The van der Waals surface area contributed by atoms with Crippen LogP contribution in [-0.4, -0.2) is 55.6 Å². The van der Waals surface area contributed by atoms with Crippen molar-refractivity contribution < 1.29 is 24.2 Å². The highest BCUT2D eigenvalue weighted by Gasteiger charge is 2.28. The van der Waals surface area contributed by atoms with E-state index >= 15 is 0 Å². The fourth-order valence-corrected chi connectivity index (χ4v) is 2.42. The van der Waals surface area contributed by atoms with E-state index in [1.807, 2.05) is 30.3 Å². The summed E-state index contributed by atoms with van der Waals surface area (Å²) in [4.78, 5) is 22.5. The Bertz CT molecular complexity index is 508. The molecule has 1 heterocycles. The molecular weight excluding hydrogens is 300 g/mol. The molecule has 1 saturated heterocycles. The third-order valence-electron chi connectivity index (χ3n) is 3.57. The Balaban J connectivity index is 1.72. The summed E-state index contributed by atoms with van der Waals surface area (Å²) in [5, 5.41) is 14.3. The van der Waals surface area contributed by atoms with Crippen LogP contribution in [0.4, 0.5) is 4.79 Å². The minimum Gasteiger partial charge on any atom is -0.480 e. The molecule has 126 valence electrons. The number of urea groups is 1. The van der Waals surface area contributed by atoms with Gasteiger partial charge in [-0.2, -0.15) is 0 Å². The summed E-state index contributed by atoms with van der Waals surface area (Å²) in [7, 11) is 0. The van der Waals surface area contributed by atoms with E-state index in [4.69, 9.17) is 14.6 Å². The number of aliphatic carboxylic acids is 1. The summed E-state index contributed by atoms with van der Waals surface area (Å²) in [6.45, 7) is 0.955. The molecule has 0 radical (unpaired) electrons. The van der Waals surface area contributed by atoms with E-state index in [9.17, 15) is 9.59 Å². The van der Waals surface area contributed by atoms with Gasteiger partial charge in [0.2, 0.25) is 0 Å². The zero-order chi connectivity index (χ0) is 16.5. The molecule has 0 bridgehead atoms. The van der Waals surface area contributed by atoms with Crippen molar-refractivity contribution in [1.29, 1.82) is 0 Å². The van der Waals surface area contributed by atoms with Crippen LogP contribution in [0.15, 0.2) is 30.3 Å². The van der Waals surface area contributed by atoms with Crippen molar-refractivity contribution in [2.75, 3.05) is 26.4 Å². The Morgan fingerprint density at radius 1 is 1.30 bits per heavy atom. The molecule has 1 aliphatic rings. The van der Waals surface area contributed by atoms with Crippen molar-refractivity contribution in [3.8, 4) is 0 Å². The van der Waals surface area contributed by atoms with Crippen LogP contribution in [0.5, 0.6) is 0 Å².